The molecule has 2 heterocycles. The second kappa shape index (κ2) is 5.44. The number of nitrogens with zero attached hydrogens (tertiary/aromatic N) is 3. The van der Waals surface area contributed by atoms with Crippen LogP contribution in [0.1, 0.15) is 50.8 Å². The van der Waals surface area contributed by atoms with Crippen molar-refractivity contribution in [3.8, 4) is 0 Å². The van der Waals surface area contributed by atoms with Crippen molar-refractivity contribution >= 4 is 11.8 Å². The largest absolute Gasteiger partial charge is 0.368 e. The second-order valence-corrected chi connectivity index (χ2v) is 7.04. The Labute approximate surface area is 127 Å². The van der Waals surface area contributed by atoms with E-state index in [0.29, 0.717) is 12.0 Å². The minimum atomic E-state index is 0.0970. The minimum Gasteiger partial charge on any atom is -0.368 e. The maximum Gasteiger partial charge on any atom is 0.222 e. The lowest BCUT2D eigenvalue weighted by molar-refractivity contribution is 0.456. The van der Waals surface area contributed by atoms with Gasteiger partial charge in [-0.1, -0.05) is 20.3 Å². The third-order valence-electron chi connectivity index (χ3n) is 5.02. The van der Waals surface area contributed by atoms with Gasteiger partial charge in [0.2, 0.25) is 5.95 Å². The lowest BCUT2D eigenvalue weighted by atomic mass is 9.83. The summed E-state index contributed by atoms with van der Waals surface area (Å²) >= 11 is 0. The maximum atomic E-state index is 6.03. The van der Waals surface area contributed by atoms with Crippen LogP contribution < -0.4 is 16.0 Å². The van der Waals surface area contributed by atoms with E-state index in [4.69, 9.17) is 5.73 Å². The molecule has 0 saturated carbocycles. The van der Waals surface area contributed by atoms with Crippen molar-refractivity contribution in [1.29, 1.82) is 0 Å². The second-order valence-electron chi connectivity index (χ2n) is 7.04. The van der Waals surface area contributed by atoms with Crippen LogP contribution in [0.15, 0.2) is 0 Å². The average Bonchev–Trinajstić information content (AvgIpc) is 2.87. The van der Waals surface area contributed by atoms with Gasteiger partial charge in [0.1, 0.15) is 5.82 Å². The van der Waals surface area contributed by atoms with Crippen molar-refractivity contribution in [2.45, 2.75) is 57.4 Å². The summed E-state index contributed by atoms with van der Waals surface area (Å²) < 4.78 is 0. The highest BCUT2D eigenvalue weighted by Crippen LogP contribution is 2.38. The van der Waals surface area contributed by atoms with Crippen LogP contribution in [0.4, 0.5) is 11.8 Å². The number of hydrogen-bond donors (Lipinski definition) is 2. The molecular formula is C16H27N5. The molecular weight excluding hydrogens is 262 g/mol. The van der Waals surface area contributed by atoms with Crippen molar-refractivity contribution in [3.05, 3.63) is 11.3 Å². The van der Waals surface area contributed by atoms with Gasteiger partial charge in [0.15, 0.2) is 0 Å². The molecule has 3 N–H and O–H groups in total. The molecule has 0 aromatic carbocycles. The summed E-state index contributed by atoms with van der Waals surface area (Å²) in [4.78, 5) is 11.6. The van der Waals surface area contributed by atoms with E-state index in [0.717, 1.165) is 25.3 Å². The van der Waals surface area contributed by atoms with Crippen LogP contribution in [0.25, 0.3) is 0 Å². The zero-order valence-electron chi connectivity index (χ0n) is 13.4. The summed E-state index contributed by atoms with van der Waals surface area (Å²) in [7, 11) is 2.03. The fourth-order valence-electron chi connectivity index (χ4n) is 3.72. The number of nitrogen functional groups attached to an aromatic ring is 1. The zero-order chi connectivity index (χ0) is 15.0. The van der Waals surface area contributed by atoms with Gasteiger partial charge in [-0.3, -0.25) is 0 Å². The van der Waals surface area contributed by atoms with E-state index in [2.05, 4.69) is 34.0 Å². The predicted octanol–water partition coefficient (Wildman–Crippen LogP) is 1.86. The van der Waals surface area contributed by atoms with Gasteiger partial charge < -0.3 is 16.0 Å². The van der Waals surface area contributed by atoms with Crippen molar-refractivity contribution < 1.29 is 0 Å². The standard InChI is InChI=1S/C16H27N5/c1-16(2)8-5-4-6-12-13(16)19-15(17)20-14(12)21-9-7-11(10-21)18-3/h11,18H,4-10H2,1-3H3,(H2,17,19,20)/t11-/m1/s1. The van der Waals surface area contributed by atoms with E-state index >= 15 is 0 Å². The van der Waals surface area contributed by atoms with E-state index < -0.39 is 0 Å². The number of rotatable bonds is 2. The SMILES string of the molecule is CN[C@@H]1CCN(c2nc(N)nc3c2CCCCC3(C)C)C1. The van der Waals surface area contributed by atoms with E-state index in [1.165, 1.54) is 36.9 Å². The van der Waals surface area contributed by atoms with Crippen LogP contribution in [0.3, 0.4) is 0 Å². The average molecular weight is 289 g/mol. The summed E-state index contributed by atoms with van der Waals surface area (Å²) in [6.45, 7) is 6.64. The normalized spacial score (nSPS) is 24.7. The molecule has 0 bridgehead atoms. The van der Waals surface area contributed by atoms with Gasteiger partial charge in [-0.25, -0.2) is 4.98 Å². The van der Waals surface area contributed by atoms with Crippen molar-refractivity contribution in [2.24, 2.45) is 0 Å². The first-order chi connectivity index (χ1) is 10.0. The van der Waals surface area contributed by atoms with Crippen LogP contribution in [-0.4, -0.2) is 36.1 Å². The van der Waals surface area contributed by atoms with E-state index in [1.54, 1.807) is 0 Å². The summed E-state index contributed by atoms with van der Waals surface area (Å²) in [5, 5.41) is 3.37. The summed E-state index contributed by atoms with van der Waals surface area (Å²) in [6, 6.07) is 0.552. The molecule has 1 fully saturated rings. The quantitative estimate of drug-likeness (QED) is 0.814. The Balaban J connectivity index is 2.03. The fourth-order valence-corrected chi connectivity index (χ4v) is 3.72. The van der Waals surface area contributed by atoms with Crippen molar-refractivity contribution in [2.75, 3.05) is 30.8 Å². The van der Waals surface area contributed by atoms with E-state index in [-0.39, 0.29) is 5.41 Å². The monoisotopic (exact) mass is 289 g/mol. The molecule has 0 radical (unpaired) electrons. The molecule has 21 heavy (non-hydrogen) atoms. The maximum absolute atomic E-state index is 6.03. The lowest BCUT2D eigenvalue weighted by Crippen LogP contribution is -2.31. The van der Waals surface area contributed by atoms with Crippen molar-refractivity contribution in [3.63, 3.8) is 0 Å². The first-order valence-corrected chi connectivity index (χ1v) is 8.10. The van der Waals surface area contributed by atoms with Crippen LogP contribution in [0, 0.1) is 0 Å². The Kier molecular flexibility index (Phi) is 3.78. The predicted molar refractivity (Wildman–Crippen MR) is 86.7 cm³/mol. The number of hydrogen-bond acceptors (Lipinski definition) is 5. The van der Waals surface area contributed by atoms with Crippen LogP contribution in [-0.2, 0) is 11.8 Å². The molecule has 5 nitrogen and oxygen atoms in total. The number of nitrogens with one attached hydrogen (secondary N) is 1. The topological polar surface area (TPSA) is 67.1 Å². The molecule has 0 amide bonds. The molecule has 1 aromatic rings. The Morgan fingerprint density at radius 1 is 1.29 bits per heavy atom. The highest BCUT2D eigenvalue weighted by molar-refractivity contribution is 5.55. The zero-order valence-corrected chi connectivity index (χ0v) is 13.4. The number of likely N-dealkylation sites (N-methyl/N-ethyl adjacent to an activating group) is 1. The Hall–Kier alpha value is -1.36. The third-order valence-corrected chi connectivity index (χ3v) is 5.02. The molecule has 5 heteroatoms. The molecule has 1 saturated heterocycles. The highest BCUT2D eigenvalue weighted by atomic mass is 15.3. The summed E-state index contributed by atoms with van der Waals surface area (Å²) in [6.07, 6.45) is 5.89. The van der Waals surface area contributed by atoms with Crippen LogP contribution >= 0.6 is 0 Å². The smallest absolute Gasteiger partial charge is 0.222 e. The molecule has 1 atom stereocenters. The molecule has 0 unspecified atom stereocenters. The van der Waals surface area contributed by atoms with Crippen molar-refractivity contribution in [1.82, 2.24) is 15.3 Å². The minimum absolute atomic E-state index is 0.0970. The van der Waals surface area contributed by atoms with Gasteiger partial charge in [0.05, 0.1) is 5.69 Å². The van der Waals surface area contributed by atoms with Gasteiger partial charge in [-0.05, 0) is 32.7 Å². The molecule has 0 spiro atoms. The summed E-state index contributed by atoms with van der Waals surface area (Å²) in [5.41, 5.74) is 8.63. The summed E-state index contributed by atoms with van der Waals surface area (Å²) in [5.74, 6) is 1.51. The van der Waals surface area contributed by atoms with Gasteiger partial charge >= 0.3 is 0 Å². The molecule has 2 aliphatic rings. The molecule has 1 aliphatic carbocycles. The van der Waals surface area contributed by atoms with E-state index in [9.17, 15) is 0 Å². The van der Waals surface area contributed by atoms with Crippen LogP contribution in [0.2, 0.25) is 0 Å². The highest BCUT2D eigenvalue weighted by Gasteiger charge is 2.33. The van der Waals surface area contributed by atoms with E-state index in [1.807, 2.05) is 7.05 Å². The molecule has 1 aliphatic heterocycles. The third kappa shape index (κ3) is 2.71. The Morgan fingerprint density at radius 3 is 2.81 bits per heavy atom. The first-order valence-electron chi connectivity index (χ1n) is 8.10. The van der Waals surface area contributed by atoms with Crippen LogP contribution in [0.5, 0.6) is 0 Å². The lowest BCUT2D eigenvalue weighted by Gasteiger charge is -2.28. The van der Waals surface area contributed by atoms with Gasteiger partial charge in [0.25, 0.3) is 0 Å². The Bertz CT molecular complexity index is 526. The number of anilines is 2. The van der Waals surface area contributed by atoms with Gasteiger partial charge in [-0.2, -0.15) is 4.98 Å². The fraction of sp³-hybridized carbons (Fsp3) is 0.750. The number of fused-ring (bicyclic) bond motifs is 1. The van der Waals surface area contributed by atoms with Gasteiger partial charge in [-0.15, -0.1) is 0 Å². The molecule has 116 valence electrons. The first kappa shape index (κ1) is 14.6. The van der Waals surface area contributed by atoms with Gasteiger partial charge in [0, 0.05) is 30.1 Å². The number of nitrogens with two attached hydrogens (primary N) is 1. The number of aromatic nitrogens is 2. The molecule has 3 rings (SSSR count). The Morgan fingerprint density at radius 2 is 2.10 bits per heavy atom. The molecule has 1 aromatic heterocycles.